The second-order valence-electron chi connectivity index (χ2n) is 4.15. The largest absolute Gasteiger partial charge is 0.495 e. The molecule has 2 rings (SSSR count). The quantitative estimate of drug-likeness (QED) is 0.886. The molecule has 0 bridgehead atoms. The molecular formula is C11H12BrNO4S. The van der Waals surface area contributed by atoms with Crippen LogP contribution in [0.4, 0.5) is 0 Å². The number of rotatable bonds is 4. The van der Waals surface area contributed by atoms with E-state index in [2.05, 4.69) is 21.2 Å². The standard InChI is InChI=1S/C11H12BrNO4S/c1-17-6-5-7(18-8(6)12)9(14)13-11(10(15)16)3-2-4-11/h5H,2-4H2,1H3,(H,13,14)(H,15,16). The van der Waals surface area contributed by atoms with Crippen molar-refractivity contribution in [2.45, 2.75) is 24.8 Å². The van der Waals surface area contributed by atoms with Crippen molar-refractivity contribution in [2.24, 2.45) is 0 Å². The van der Waals surface area contributed by atoms with Crippen LogP contribution in [0.1, 0.15) is 28.9 Å². The van der Waals surface area contributed by atoms with Crippen molar-refractivity contribution < 1.29 is 19.4 Å². The number of carbonyl (C=O) groups is 2. The first-order valence-electron chi connectivity index (χ1n) is 5.38. The first-order chi connectivity index (χ1) is 8.48. The lowest BCUT2D eigenvalue weighted by Gasteiger charge is -2.38. The summed E-state index contributed by atoms with van der Waals surface area (Å²) >= 11 is 4.50. The number of ether oxygens (including phenoxy) is 1. The summed E-state index contributed by atoms with van der Waals surface area (Å²) < 4.78 is 5.78. The van der Waals surface area contributed by atoms with Crippen molar-refractivity contribution in [1.29, 1.82) is 0 Å². The van der Waals surface area contributed by atoms with Gasteiger partial charge in [0.05, 0.1) is 12.0 Å². The van der Waals surface area contributed by atoms with Gasteiger partial charge in [-0.15, -0.1) is 11.3 Å². The fraction of sp³-hybridized carbons (Fsp3) is 0.455. The number of carboxylic acids is 1. The van der Waals surface area contributed by atoms with Crippen LogP contribution in [-0.4, -0.2) is 29.6 Å². The van der Waals surface area contributed by atoms with Gasteiger partial charge in [-0.05, 0) is 35.2 Å². The maximum Gasteiger partial charge on any atom is 0.329 e. The third-order valence-electron chi connectivity index (χ3n) is 3.07. The molecule has 0 aromatic carbocycles. The summed E-state index contributed by atoms with van der Waals surface area (Å²) in [6.07, 6.45) is 1.79. The van der Waals surface area contributed by atoms with Gasteiger partial charge < -0.3 is 15.2 Å². The Labute approximate surface area is 116 Å². The van der Waals surface area contributed by atoms with Gasteiger partial charge in [0.2, 0.25) is 0 Å². The Kier molecular flexibility index (Phi) is 3.63. The second-order valence-corrected chi connectivity index (χ2v) is 6.52. The minimum absolute atomic E-state index is 0.369. The zero-order valence-corrected chi connectivity index (χ0v) is 12.1. The van der Waals surface area contributed by atoms with Crippen molar-refractivity contribution >= 4 is 39.1 Å². The van der Waals surface area contributed by atoms with Crippen molar-refractivity contribution in [1.82, 2.24) is 5.32 Å². The molecular weight excluding hydrogens is 322 g/mol. The predicted octanol–water partition coefficient (Wildman–Crippen LogP) is 2.26. The molecule has 1 heterocycles. The molecule has 0 spiro atoms. The number of methoxy groups -OCH3 is 1. The van der Waals surface area contributed by atoms with Crippen molar-refractivity contribution in [3.05, 3.63) is 14.7 Å². The van der Waals surface area contributed by atoms with Crippen LogP contribution in [0.2, 0.25) is 0 Å². The van der Waals surface area contributed by atoms with E-state index < -0.39 is 11.5 Å². The number of hydrogen-bond acceptors (Lipinski definition) is 4. The highest BCUT2D eigenvalue weighted by molar-refractivity contribution is 9.11. The smallest absolute Gasteiger partial charge is 0.329 e. The summed E-state index contributed by atoms with van der Waals surface area (Å²) in [5.74, 6) is -0.765. The van der Waals surface area contributed by atoms with Gasteiger partial charge in [-0.3, -0.25) is 4.79 Å². The molecule has 1 aliphatic rings. The third-order valence-corrected chi connectivity index (χ3v) is 4.85. The summed E-state index contributed by atoms with van der Waals surface area (Å²) in [6.45, 7) is 0. The first kappa shape index (κ1) is 13.4. The third kappa shape index (κ3) is 2.24. The highest BCUT2D eigenvalue weighted by Gasteiger charge is 2.46. The summed E-state index contributed by atoms with van der Waals surface area (Å²) in [5, 5.41) is 11.7. The van der Waals surface area contributed by atoms with Crippen molar-refractivity contribution in [2.75, 3.05) is 7.11 Å². The van der Waals surface area contributed by atoms with E-state index in [1.165, 1.54) is 18.4 Å². The lowest BCUT2D eigenvalue weighted by Crippen LogP contribution is -2.59. The highest BCUT2D eigenvalue weighted by atomic mass is 79.9. The van der Waals surface area contributed by atoms with Crippen LogP contribution in [0.15, 0.2) is 9.85 Å². The minimum Gasteiger partial charge on any atom is -0.495 e. The Morgan fingerprint density at radius 3 is 2.61 bits per heavy atom. The van der Waals surface area contributed by atoms with E-state index in [1.54, 1.807) is 6.07 Å². The fourth-order valence-electron chi connectivity index (χ4n) is 1.80. The topological polar surface area (TPSA) is 75.6 Å². The van der Waals surface area contributed by atoms with Gasteiger partial charge >= 0.3 is 5.97 Å². The molecule has 1 aromatic rings. The van der Waals surface area contributed by atoms with E-state index in [9.17, 15) is 9.59 Å². The number of nitrogens with one attached hydrogen (secondary N) is 1. The lowest BCUT2D eigenvalue weighted by molar-refractivity contribution is -0.148. The number of halogens is 1. The summed E-state index contributed by atoms with van der Waals surface area (Å²) in [4.78, 5) is 23.6. The molecule has 7 heteroatoms. The van der Waals surface area contributed by atoms with Crippen LogP contribution < -0.4 is 10.1 Å². The number of hydrogen-bond donors (Lipinski definition) is 2. The Hall–Kier alpha value is -1.08. The highest BCUT2D eigenvalue weighted by Crippen LogP contribution is 2.36. The number of aliphatic carboxylic acids is 1. The van der Waals surface area contributed by atoms with Crippen molar-refractivity contribution in [3.63, 3.8) is 0 Å². The van der Waals surface area contributed by atoms with Gasteiger partial charge in [0.1, 0.15) is 15.1 Å². The zero-order valence-electron chi connectivity index (χ0n) is 9.66. The van der Waals surface area contributed by atoms with Crippen molar-refractivity contribution in [3.8, 4) is 5.75 Å². The predicted molar refractivity (Wildman–Crippen MR) is 70.3 cm³/mol. The lowest BCUT2D eigenvalue weighted by atomic mass is 9.77. The molecule has 0 atom stereocenters. The van der Waals surface area contributed by atoms with E-state index in [-0.39, 0.29) is 5.91 Å². The molecule has 0 saturated heterocycles. The van der Waals surface area contributed by atoms with E-state index in [4.69, 9.17) is 9.84 Å². The van der Waals surface area contributed by atoms with Gasteiger partial charge in [0.25, 0.3) is 5.91 Å². The molecule has 18 heavy (non-hydrogen) atoms. The first-order valence-corrected chi connectivity index (χ1v) is 6.99. The molecule has 1 aliphatic carbocycles. The summed E-state index contributed by atoms with van der Waals surface area (Å²) in [7, 11) is 1.51. The van der Waals surface area contributed by atoms with Crippen LogP contribution in [0.3, 0.4) is 0 Å². The average molecular weight is 334 g/mol. The normalized spacial score (nSPS) is 16.8. The maximum atomic E-state index is 12.0. The fourth-order valence-corrected chi connectivity index (χ4v) is 3.35. The molecule has 0 unspecified atom stereocenters. The Balaban J connectivity index is 2.14. The molecule has 1 fully saturated rings. The van der Waals surface area contributed by atoms with Crippen LogP contribution in [0, 0.1) is 0 Å². The molecule has 0 aliphatic heterocycles. The van der Waals surface area contributed by atoms with E-state index in [1.807, 2.05) is 0 Å². The van der Waals surface area contributed by atoms with Gasteiger partial charge in [-0.1, -0.05) is 0 Å². The van der Waals surface area contributed by atoms with E-state index in [0.717, 1.165) is 6.42 Å². The molecule has 5 nitrogen and oxygen atoms in total. The number of thiophene rings is 1. The average Bonchev–Trinajstić information content (AvgIpc) is 2.64. The number of amides is 1. The summed E-state index contributed by atoms with van der Waals surface area (Å²) in [5.41, 5.74) is -1.08. The Morgan fingerprint density at radius 1 is 1.56 bits per heavy atom. The van der Waals surface area contributed by atoms with E-state index >= 15 is 0 Å². The van der Waals surface area contributed by atoms with Crippen LogP contribution >= 0.6 is 27.3 Å². The number of carboxylic acid groups (broad SMARTS) is 1. The Bertz CT molecular complexity index is 495. The maximum absolute atomic E-state index is 12.0. The monoisotopic (exact) mass is 333 g/mol. The molecule has 1 aromatic heterocycles. The molecule has 0 radical (unpaired) electrons. The second kappa shape index (κ2) is 4.89. The van der Waals surface area contributed by atoms with Gasteiger partial charge in [-0.25, -0.2) is 4.79 Å². The Morgan fingerprint density at radius 2 is 2.22 bits per heavy atom. The number of carbonyl (C=O) groups excluding carboxylic acids is 1. The minimum atomic E-state index is -1.08. The van der Waals surface area contributed by atoms with Crippen LogP contribution in [-0.2, 0) is 4.79 Å². The van der Waals surface area contributed by atoms with Gasteiger partial charge in [0, 0.05) is 6.07 Å². The zero-order chi connectivity index (χ0) is 13.3. The van der Waals surface area contributed by atoms with Gasteiger partial charge in [0.15, 0.2) is 0 Å². The summed E-state index contributed by atoms with van der Waals surface area (Å²) in [6, 6.07) is 1.60. The molecule has 1 amide bonds. The van der Waals surface area contributed by atoms with Crippen LogP contribution in [0.25, 0.3) is 0 Å². The SMILES string of the molecule is COc1cc(C(=O)NC2(C(=O)O)CCC2)sc1Br. The van der Waals surface area contributed by atoms with Crippen LogP contribution in [0.5, 0.6) is 5.75 Å². The molecule has 2 N–H and O–H groups in total. The molecule has 1 saturated carbocycles. The van der Waals surface area contributed by atoms with E-state index in [0.29, 0.717) is 27.3 Å². The van der Waals surface area contributed by atoms with Gasteiger partial charge in [-0.2, -0.15) is 0 Å². The molecule has 98 valence electrons.